The molecule has 0 amide bonds. The van der Waals surface area contributed by atoms with Crippen LogP contribution in [0.3, 0.4) is 0 Å². The van der Waals surface area contributed by atoms with Gasteiger partial charge in [0.25, 0.3) is 0 Å². The Kier molecular flexibility index (Phi) is 2.46. The standard InChI is InChI=1S/C13H10N4O2S/c18-9-5-3-8(4-6-9)11-14-15-13-17(11)16-12(20-13)10-2-1-7-19-10/h1-7,12,16,18H. The van der Waals surface area contributed by atoms with E-state index in [-0.39, 0.29) is 11.1 Å². The third kappa shape index (κ3) is 1.75. The average molecular weight is 286 g/mol. The SMILES string of the molecule is Oc1ccc(-c2nnc3n2NC(c2ccco2)S3)cc1. The van der Waals surface area contributed by atoms with Crippen LogP contribution in [0.2, 0.25) is 0 Å². The van der Waals surface area contributed by atoms with Gasteiger partial charge in [-0.1, -0.05) is 0 Å². The van der Waals surface area contributed by atoms with Gasteiger partial charge in [0.2, 0.25) is 5.16 Å². The van der Waals surface area contributed by atoms with Crippen molar-refractivity contribution in [3.05, 3.63) is 48.4 Å². The number of rotatable bonds is 2. The molecule has 100 valence electrons. The van der Waals surface area contributed by atoms with Crippen molar-refractivity contribution < 1.29 is 9.52 Å². The Morgan fingerprint density at radius 2 is 2.05 bits per heavy atom. The lowest BCUT2D eigenvalue weighted by Crippen LogP contribution is -2.13. The third-order valence-corrected chi connectivity index (χ3v) is 4.08. The Morgan fingerprint density at radius 1 is 1.20 bits per heavy atom. The molecule has 0 radical (unpaired) electrons. The molecule has 20 heavy (non-hydrogen) atoms. The minimum Gasteiger partial charge on any atom is -0.508 e. The van der Waals surface area contributed by atoms with Crippen LogP contribution in [0.5, 0.6) is 5.75 Å². The highest BCUT2D eigenvalue weighted by molar-refractivity contribution is 7.99. The van der Waals surface area contributed by atoms with Gasteiger partial charge in [0, 0.05) is 5.56 Å². The van der Waals surface area contributed by atoms with E-state index in [0.717, 1.165) is 16.5 Å². The first-order valence-electron chi connectivity index (χ1n) is 6.03. The van der Waals surface area contributed by atoms with E-state index >= 15 is 0 Å². The van der Waals surface area contributed by atoms with Crippen molar-refractivity contribution >= 4 is 11.8 Å². The van der Waals surface area contributed by atoms with Crippen molar-refractivity contribution in [1.29, 1.82) is 0 Å². The predicted octanol–water partition coefficient (Wildman–Crippen LogP) is 2.59. The van der Waals surface area contributed by atoms with Gasteiger partial charge in [-0.25, -0.2) is 4.68 Å². The molecule has 0 saturated heterocycles. The molecule has 0 fully saturated rings. The highest BCUT2D eigenvalue weighted by atomic mass is 32.2. The lowest BCUT2D eigenvalue weighted by atomic mass is 10.2. The third-order valence-electron chi connectivity index (χ3n) is 3.03. The first-order chi connectivity index (χ1) is 9.81. The van der Waals surface area contributed by atoms with Crippen LogP contribution >= 0.6 is 11.8 Å². The molecule has 1 aliphatic heterocycles. The number of furan rings is 1. The van der Waals surface area contributed by atoms with Gasteiger partial charge in [0.15, 0.2) is 11.2 Å². The van der Waals surface area contributed by atoms with Gasteiger partial charge < -0.3 is 14.9 Å². The average Bonchev–Trinajstić information content (AvgIpc) is 3.15. The second-order valence-corrected chi connectivity index (χ2v) is 5.40. The molecule has 2 N–H and O–H groups in total. The van der Waals surface area contributed by atoms with E-state index in [1.807, 2.05) is 16.8 Å². The van der Waals surface area contributed by atoms with Gasteiger partial charge in [-0.05, 0) is 48.2 Å². The van der Waals surface area contributed by atoms with Crippen LogP contribution in [0.25, 0.3) is 11.4 Å². The van der Waals surface area contributed by atoms with Crippen molar-refractivity contribution in [2.24, 2.45) is 0 Å². The van der Waals surface area contributed by atoms with E-state index in [9.17, 15) is 5.11 Å². The molecule has 6 nitrogen and oxygen atoms in total. The Bertz CT molecular complexity index is 736. The number of phenols is 1. The zero-order valence-electron chi connectivity index (χ0n) is 10.2. The molecule has 2 aromatic heterocycles. The fourth-order valence-corrected chi connectivity index (χ4v) is 3.02. The quantitative estimate of drug-likeness (QED) is 0.754. The number of fused-ring (bicyclic) bond motifs is 1. The minimum atomic E-state index is -0.00800. The summed E-state index contributed by atoms with van der Waals surface area (Å²) in [5.41, 5.74) is 4.18. The molecular weight excluding hydrogens is 276 g/mol. The van der Waals surface area contributed by atoms with Crippen LogP contribution in [-0.4, -0.2) is 20.0 Å². The first kappa shape index (κ1) is 11.4. The summed E-state index contributed by atoms with van der Waals surface area (Å²) in [5, 5.41) is 18.5. The monoisotopic (exact) mass is 286 g/mol. The molecule has 0 aliphatic carbocycles. The van der Waals surface area contributed by atoms with Gasteiger partial charge in [-0.2, -0.15) is 0 Å². The van der Waals surface area contributed by atoms with Gasteiger partial charge >= 0.3 is 0 Å². The fraction of sp³-hybridized carbons (Fsp3) is 0.0769. The van der Waals surface area contributed by atoms with E-state index in [0.29, 0.717) is 5.82 Å². The zero-order valence-corrected chi connectivity index (χ0v) is 11.0. The second-order valence-electron chi connectivity index (χ2n) is 4.33. The Balaban J connectivity index is 1.69. The maximum Gasteiger partial charge on any atom is 0.212 e. The summed E-state index contributed by atoms with van der Waals surface area (Å²) in [6.07, 6.45) is 1.65. The smallest absolute Gasteiger partial charge is 0.212 e. The van der Waals surface area contributed by atoms with Crippen LogP contribution in [0, 0.1) is 0 Å². The number of hydrogen-bond donors (Lipinski definition) is 2. The molecule has 4 rings (SSSR count). The summed E-state index contributed by atoms with van der Waals surface area (Å²) in [4.78, 5) is 0. The van der Waals surface area contributed by atoms with E-state index in [2.05, 4.69) is 15.6 Å². The molecule has 1 aromatic carbocycles. The molecule has 1 atom stereocenters. The summed E-state index contributed by atoms with van der Waals surface area (Å²) in [6, 6.07) is 10.6. The van der Waals surface area contributed by atoms with Crippen molar-refractivity contribution in [3.63, 3.8) is 0 Å². The number of phenolic OH excluding ortho intramolecular Hbond substituents is 1. The molecule has 7 heteroatoms. The van der Waals surface area contributed by atoms with Crippen LogP contribution in [-0.2, 0) is 0 Å². The molecule has 0 bridgehead atoms. The normalized spacial score (nSPS) is 16.9. The number of thioether (sulfide) groups is 1. The largest absolute Gasteiger partial charge is 0.508 e. The number of aromatic nitrogens is 3. The maximum absolute atomic E-state index is 9.34. The summed E-state index contributed by atoms with van der Waals surface area (Å²) < 4.78 is 7.24. The van der Waals surface area contributed by atoms with Gasteiger partial charge in [0.1, 0.15) is 11.5 Å². The highest BCUT2D eigenvalue weighted by Crippen LogP contribution is 2.40. The summed E-state index contributed by atoms with van der Waals surface area (Å²) in [7, 11) is 0. The molecule has 1 aliphatic rings. The van der Waals surface area contributed by atoms with Gasteiger partial charge in [0.05, 0.1) is 6.26 Å². The number of aromatic hydroxyl groups is 1. The molecule has 1 unspecified atom stereocenters. The van der Waals surface area contributed by atoms with E-state index in [4.69, 9.17) is 4.42 Å². The van der Waals surface area contributed by atoms with E-state index < -0.39 is 0 Å². The number of hydrogen-bond acceptors (Lipinski definition) is 6. The molecule has 0 saturated carbocycles. The number of nitrogens with one attached hydrogen (secondary N) is 1. The summed E-state index contributed by atoms with van der Waals surface area (Å²) in [6.45, 7) is 0. The van der Waals surface area contributed by atoms with Crippen LogP contribution in [0.15, 0.2) is 52.2 Å². The molecule has 3 heterocycles. The highest BCUT2D eigenvalue weighted by Gasteiger charge is 2.29. The maximum atomic E-state index is 9.34. The van der Waals surface area contributed by atoms with Crippen LogP contribution in [0.4, 0.5) is 0 Å². The van der Waals surface area contributed by atoms with Gasteiger partial charge in [-0.15, -0.1) is 10.2 Å². The fourth-order valence-electron chi connectivity index (χ4n) is 2.07. The topological polar surface area (TPSA) is 76.1 Å². The van der Waals surface area contributed by atoms with Gasteiger partial charge in [-0.3, -0.25) is 0 Å². The lowest BCUT2D eigenvalue weighted by molar-refractivity contribution is 0.475. The second kappa shape index (κ2) is 4.31. The van der Waals surface area contributed by atoms with Crippen molar-refractivity contribution in [1.82, 2.24) is 14.9 Å². The first-order valence-corrected chi connectivity index (χ1v) is 6.91. The minimum absolute atomic E-state index is 0.00800. The zero-order chi connectivity index (χ0) is 13.5. The Labute approximate surface area is 118 Å². The summed E-state index contributed by atoms with van der Waals surface area (Å²) in [5.74, 6) is 1.78. The molecule has 0 spiro atoms. The van der Waals surface area contributed by atoms with E-state index in [1.165, 1.54) is 0 Å². The lowest BCUT2D eigenvalue weighted by Gasteiger charge is -2.09. The summed E-state index contributed by atoms with van der Waals surface area (Å²) >= 11 is 1.55. The van der Waals surface area contributed by atoms with Crippen LogP contribution < -0.4 is 5.43 Å². The number of nitrogens with zero attached hydrogens (tertiary/aromatic N) is 3. The molecule has 3 aromatic rings. The number of benzene rings is 1. The van der Waals surface area contributed by atoms with Crippen molar-refractivity contribution in [2.45, 2.75) is 10.5 Å². The van der Waals surface area contributed by atoms with Crippen LogP contribution in [0.1, 0.15) is 11.1 Å². The van der Waals surface area contributed by atoms with E-state index in [1.54, 1.807) is 42.3 Å². The predicted molar refractivity (Wildman–Crippen MR) is 73.8 cm³/mol. The van der Waals surface area contributed by atoms with Crippen molar-refractivity contribution in [2.75, 3.05) is 5.43 Å². The molecular formula is C13H10N4O2S. The van der Waals surface area contributed by atoms with Crippen molar-refractivity contribution in [3.8, 4) is 17.1 Å². The Morgan fingerprint density at radius 3 is 2.80 bits per heavy atom. The Hall–Kier alpha value is -2.41.